The molecule has 3 aromatic carbocycles. The summed E-state index contributed by atoms with van der Waals surface area (Å²) in [6.45, 7) is 6.49. The number of carbonyl (C=O) groups is 1. The van der Waals surface area contributed by atoms with Crippen LogP contribution >= 0.6 is 0 Å². The van der Waals surface area contributed by atoms with E-state index in [-0.39, 0.29) is 11.8 Å². The van der Waals surface area contributed by atoms with Gasteiger partial charge in [-0.2, -0.15) is 0 Å². The maximum absolute atomic E-state index is 12.8. The number of benzene rings is 3. The number of hydrogen-bond acceptors (Lipinski definition) is 4. The lowest BCUT2D eigenvalue weighted by Gasteiger charge is -2.31. The number of methoxy groups -OCH3 is 1. The van der Waals surface area contributed by atoms with Gasteiger partial charge in [-0.15, -0.1) is 0 Å². The van der Waals surface area contributed by atoms with Gasteiger partial charge in [-0.05, 0) is 72.3 Å². The van der Waals surface area contributed by atoms with Crippen LogP contribution in [0.3, 0.4) is 0 Å². The minimum atomic E-state index is 0.104. The molecule has 3 aromatic rings. The fourth-order valence-electron chi connectivity index (χ4n) is 5.43. The van der Waals surface area contributed by atoms with E-state index < -0.39 is 0 Å². The molecule has 188 valence electrons. The number of nitrogens with one attached hydrogen (secondary N) is 1. The van der Waals surface area contributed by atoms with Crippen molar-refractivity contribution in [3.8, 4) is 5.75 Å². The zero-order valence-electron chi connectivity index (χ0n) is 21.3. The van der Waals surface area contributed by atoms with Gasteiger partial charge in [0.2, 0.25) is 5.91 Å². The predicted molar refractivity (Wildman–Crippen MR) is 144 cm³/mol. The van der Waals surface area contributed by atoms with Crippen LogP contribution in [-0.2, 0) is 37.4 Å². The predicted octanol–water partition coefficient (Wildman–Crippen LogP) is 4.78. The Kier molecular flexibility index (Phi) is 7.99. The van der Waals surface area contributed by atoms with Gasteiger partial charge in [0.05, 0.1) is 7.11 Å². The molecule has 0 aliphatic carbocycles. The monoisotopic (exact) mass is 483 g/mol. The fraction of sp³-hybridized carbons (Fsp3) is 0.387. The van der Waals surface area contributed by atoms with Crippen LogP contribution in [0, 0.1) is 5.92 Å². The van der Waals surface area contributed by atoms with Crippen molar-refractivity contribution in [1.82, 2.24) is 15.1 Å². The van der Waals surface area contributed by atoms with Crippen molar-refractivity contribution in [3.05, 3.63) is 101 Å². The molecular weight excluding hydrogens is 446 g/mol. The number of rotatable bonds is 8. The lowest BCUT2D eigenvalue weighted by molar-refractivity contribution is -0.126. The molecule has 1 N–H and O–H groups in total. The van der Waals surface area contributed by atoms with Crippen molar-refractivity contribution in [2.24, 2.45) is 5.92 Å². The molecule has 0 aromatic heterocycles. The molecule has 5 rings (SSSR count). The van der Waals surface area contributed by atoms with E-state index in [1.807, 2.05) is 12.1 Å². The first-order valence-electron chi connectivity index (χ1n) is 13.2. The van der Waals surface area contributed by atoms with Crippen molar-refractivity contribution in [1.29, 1.82) is 0 Å². The van der Waals surface area contributed by atoms with Gasteiger partial charge in [0.1, 0.15) is 5.75 Å². The molecular formula is C31H37N3O2. The molecule has 2 aliphatic rings. The quantitative estimate of drug-likeness (QED) is 0.501. The van der Waals surface area contributed by atoms with E-state index in [1.165, 1.54) is 22.3 Å². The number of fused-ring (bicyclic) bond motifs is 1. The summed E-state index contributed by atoms with van der Waals surface area (Å²) in [5.41, 5.74) is 6.68. The number of amides is 1. The summed E-state index contributed by atoms with van der Waals surface area (Å²) in [4.78, 5) is 17.7. The summed E-state index contributed by atoms with van der Waals surface area (Å²) >= 11 is 0. The molecule has 36 heavy (non-hydrogen) atoms. The first-order chi connectivity index (χ1) is 17.7. The summed E-state index contributed by atoms with van der Waals surface area (Å²) < 4.78 is 5.33. The summed E-state index contributed by atoms with van der Waals surface area (Å²) in [7, 11) is 1.70. The molecule has 1 saturated heterocycles. The lowest BCUT2D eigenvalue weighted by atomic mass is 9.95. The number of nitrogens with zero attached hydrogens (tertiary/aromatic N) is 2. The zero-order chi connectivity index (χ0) is 24.7. The Balaban J connectivity index is 1.04. The summed E-state index contributed by atoms with van der Waals surface area (Å²) in [6.07, 6.45) is 2.95. The van der Waals surface area contributed by atoms with Gasteiger partial charge < -0.3 is 10.1 Å². The van der Waals surface area contributed by atoms with Crippen LogP contribution in [0.4, 0.5) is 0 Å². The number of carbonyl (C=O) groups excluding carboxylic acids is 1. The van der Waals surface area contributed by atoms with Crippen LogP contribution in [0.2, 0.25) is 0 Å². The standard InChI is InChI=1S/C31H37N3O2/c1-36-30-8-4-5-26(19-30)22-33-16-14-28(15-17-33)31(35)32-20-24-9-11-25(12-10-24)21-34-18-13-27-6-2-3-7-29(27)23-34/h2-12,19,28H,13-18,20-23H2,1H3,(H,32,35). The van der Waals surface area contributed by atoms with Crippen LogP contribution in [0.5, 0.6) is 5.75 Å². The molecule has 0 spiro atoms. The number of hydrogen-bond donors (Lipinski definition) is 1. The van der Waals surface area contributed by atoms with Gasteiger partial charge in [0.25, 0.3) is 0 Å². The Bertz CT molecular complexity index is 1150. The van der Waals surface area contributed by atoms with Crippen molar-refractivity contribution in [2.75, 3.05) is 26.7 Å². The van der Waals surface area contributed by atoms with Gasteiger partial charge >= 0.3 is 0 Å². The number of ether oxygens (including phenoxy) is 1. The average molecular weight is 484 g/mol. The summed E-state index contributed by atoms with van der Waals surface area (Å²) in [5.74, 6) is 1.19. The third kappa shape index (κ3) is 6.34. The Morgan fingerprint density at radius 2 is 1.56 bits per heavy atom. The van der Waals surface area contributed by atoms with Crippen LogP contribution in [-0.4, -0.2) is 42.5 Å². The molecule has 2 aliphatic heterocycles. The molecule has 5 heteroatoms. The van der Waals surface area contributed by atoms with Crippen LogP contribution < -0.4 is 10.1 Å². The van der Waals surface area contributed by atoms with Gasteiger partial charge in [-0.3, -0.25) is 14.6 Å². The van der Waals surface area contributed by atoms with E-state index >= 15 is 0 Å². The first kappa shape index (κ1) is 24.5. The van der Waals surface area contributed by atoms with Crippen LogP contribution in [0.25, 0.3) is 0 Å². The third-order valence-electron chi connectivity index (χ3n) is 7.60. The maximum Gasteiger partial charge on any atom is 0.223 e. The van der Waals surface area contributed by atoms with Gasteiger partial charge in [0, 0.05) is 38.6 Å². The molecule has 0 bridgehead atoms. The largest absolute Gasteiger partial charge is 0.497 e. The highest BCUT2D eigenvalue weighted by Crippen LogP contribution is 2.22. The maximum atomic E-state index is 12.8. The van der Waals surface area contributed by atoms with E-state index in [0.29, 0.717) is 6.54 Å². The zero-order valence-corrected chi connectivity index (χ0v) is 21.3. The van der Waals surface area contributed by atoms with Crippen molar-refractivity contribution >= 4 is 5.91 Å². The van der Waals surface area contributed by atoms with Gasteiger partial charge in [-0.25, -0.2) is 0 Å². The van der Waals surface area contributed by atoms with E-state index in [0.717, 1.165) is 69.8 Å². The normalized spacial score (nSPS) is 16.9. The van der Waals surface area contributed by atoms with Crippen LogP contribution in [0.15, 0.2) is 72.8 Å². The molecule has 0 unspecified atom stereocenters. The summed E-state index contributed by atoms with van der Waals surface area (Å²) in [6, 6.07) is 25.7. The lowest BCUT2D eigenvalue weighted by Crippen LogP contribution is -2.40. The summed E-state index contributed by atoms with van der Waals surface area (Å²) in [5, 5.41) is 3.18. The van der Waals surface area contributed by atoms with E-state index in [2.05, 4.69) is 75.8 Å². The average Bonchev–Trinajstić information content (AvgIpc) is 2.93. The van der Waals surface area contributed by atoms with E-state index in [4.69, 9.17) is 4.74 Å². The minimum Gasteiger partial charge on any atom is -0.497 e. The Morgan fingerprint density at radius 1 is 0.833 bits per heavy atom. The van der Waals surface area contributed by atoms with Gasteiger partial charge in [-0.1, -0.05) is 60.7 Å². The second-order valence-corrected chi connectivity index (χ2v) is 10.2. The topological polar surface area (TPSA) is 44.8 Å². The Labute approximate surface area is 215 Å². The van der Waals surface area contributed by atoms with Crippen molar-refractivity contribution < 1.29 is 9.53 Å². The highest BCUT2D eigenvalue weighted by Gasteiger charge is 2.25. The second kappa shape index (κ2) is 11.7. The molecule has 0 radical (unpaired) electrons. The fourth-order valence-corrected chi connectivity index (χ4v) is 5.43. The smallest absolute Gasteiger partial charge is 0.223 e. The third-order valence-corrected chi connectivity index (χ3v) is 7.60. The highest BCUT2D eigenvalue weighted by atomic mass is 16.5. The number of likely N-dealkylation sites (tertiary alicyclic amines) is 1. The molecule has 0 atom stereocenters. The van der Waals surface area contributed by atoms with E-state index in [1.54, 1.807) is 7.11 Å². The molecule has 2 heterocycles. The number of piperidine rings is 1. The molecule has 5 nitrogen and oxygen atoms in total. The Morgan fingerprint density at radius 3 is 2.33 bits per heavy atom. The second-order valence-electron chi connectivity index (χ2n) is 10.2. The SMILES string of the molecule is COc1cccc(CN2CCC(C(=O)NCc3ccc(CN4CCc5ccccc5C4)cc3)CC2)c1. The van der Waals surface area contributed by atoms with Crippen LogP contribution in [0.1, 0.15) is 40.7 Å². The highest BCUT2D eigenvalue weighted by molar-refractivity contribution is 5.78. The van der Waals surface area contributed by atoms with Gasteiger partial charge in [0.15, 0.2) is 0 Å². The molecule has 1 fully saturated rings. The minimum absolute atomic E-state index is 0.104. The molecule has 0 saturated carbocycles. The van der Waals surface area contributed by atoms with Crippen molar-refractivity contribution in [3.63, 3.8) is 0 Å². The Hall–Kier alpha value is -3.15. The molecule has 1 amide bonds. The first-order valence-corrected chi connectivity index (χ1v) is 13.2. The van der Waals surface area contributed by atoms with E-state index in [9.17, 15) is 4.79 Å². The van der Waals surface area contributed by atoms with Crippen molar-refractivity contribution in [2.45, 2.75) is 45.4 Å².